The quantitative estimate of drug-likeness (QED) is 0.549. The zero-order chi connectivity index (χ0) is 14.4. The second-order valence-electron chi connectivity index (χ2n) is 6.00. The molecule has 0 unspecified atom stereocenters. The van der Waals surface area contributed by atoms with Gasteiger partial charge in [0.15, 0.2) is 0 Å². The molecule has 2 rings (SSSR count). The van der Waals surface area contributed by atoms with Gasteiger partial charge >= 0.3 is 0 Å². The summed E-state index contributed by atoms with van der Waals surface area (Å²) in [5, 5.41) is 3.47. The summed E-state index contributed by atoms with van der Waals surface area (Å²) in [4.78, 5) is 8.56. The third-order valence-corrected chi connectivity index (χ3v) is 4.17. The maximum absolute atomic E-state index is 5.53. The molecular weight excluding hydrogens is 250 g/mol. The minimum Gasteiger partial charge on any atom is -0.370 e. The van der Waals surface area contributed by atoms with Crippen LogP contribution in [0.5, 0.6) is 0 Å². The van der Waals surface area contributed by atoms with Crippen LogP contribution in [0.2, 0.25) is 0 Å². The monoisotopic (exact) mass is 277 g/mol. The summed E-state index contributed by atoms with van der Waals surface area (Å²) in [6, 6.07) is 0. The average molecular weight is 277 g/mol. The second kappa shape index (κ2) is 7.43. The minimum atomic E-state index is 0.333. The summed E-state index contributed by atoms with van der Waals surface area (Å²) in [6.45, 7) is 5.24. The molecule has 112 valence electrons. The average Bonchev–Trinajstić information content (AvgIpc) is 2.47. The molecular formula is C15H27N5. The maximum Gasteiger partial charge on any atom is 0.148 e. The molecule has 0 saturated heterocycles. The van der Waals surface area contributed by atoms with Gasteiger partial charge in [-0.3, -0.25) is 0 Å². The van der Waals surface area contributed by atoms with E-state index in [4.69, 9.17) is 5.84 Å². The fourth-order valence-corrected chi connectivity index (χ4v) is 3.07. The smallest absolute Gasteiger partial charge is 0.148 e. The van der Waals surface area contributed by atoms with Crippen LogP contribution in [-0.4, -0.2) is 16.5 Å². The Morgan fingerprint density at radius 1 is 1.20 bits per heavy atom. The first-order chi connectivity index (χ1) is 9.72. The Morgan fingerprint density at radius 3 is 2.55 bits per heavy atom. The van der Waals surface area contributed by atoms with E-state index in [1.54, 1.807) is 6.33 Å². The van der Waals surface area contributed by atoms with Crippen molar-refractivity contribution in [3.05, 3.63) is 11.9 Å². The van der Waals surface area contributed by atoms with Crippen molar-refractivity contribution < 1.29 is 0 Å². The molecule has 0 radical (unpaired) electrons. The Kier molecular flexibility index (Phi) is 5.59. The first-order valence-corrected chi connectivity index (χ1v) is 7.77. The van der Waals surface area contributed by atoms with E-state index in [-0.39, 0.29) is 0 Å². The number of nitrogens with zero attached hydrogens (tertiary/aromatic N) is 2. The summed E-state index contributed by atoms with van der Waals surface area (Å²) in [5.41, 5.74) is 3.73. The van der Waals surface area contributed by atoms with Crippen LogP contribution in [0.15, 0.2) is 6.33 Å². The van der Waals surface area contributed by atoms with Gasteiger partial charge < -0.3 is 10.7 Å². The van der Waals surface area contributed by atoms with E-state index in [9.17, 15) is 0 Å². The Morgan fingerprint density at radius 2 is 1.90 bits per heavy atom. The number of hydrogen-bond donors (Lipinski definition) is 3. The number of anilines is 2. The zero-order valence-corrected chi connectivity index (χ0v) is 12.7. The lowest BCUT2D eigenvalue weighted by Crippen LogP contribution is -2.17. The molecule has 0 bridgehead atoms. The minimum absolute atomic E-state index is 0.333. The molecule has 1 aromatic heterocycles. The Balaban J connectivity index is 1.94. The molecule has 1 fully saturated rings. The van der Waals surface area contributed by atoms with Gasteiger partial charge in [-0.2, -0.15) is 0 Å². The van der Waals surface area contributed by atoms with E-state index in [2.05, 4.69) is 34.6 Å². The zero-order valence-electron chi connectivity index (χ0n) is 12.7. The third kappa shape index (κ3) is 3.82. The molecule has 0 aromatic carbocycles. The molecule has 4 N–H and O–H groups in total. The van der Waals surface area contributed by atoms with Crippen molar-refractivity contribution in [3.8, 4) is 0 Å². The van der Waals surface area contributed by atoms with E-state index >= 15 is 0 Å². The van der Waals surface area contributed by atoms with E-state index in [1.807, 2.05) is 0 Å². The molecule has 5 heteroatoms. The van der Waals surface area contributed by atoms with Gasteiger partial charge in [0.1, 0.15) is 18.0 Å². The lowest BCUT2D eigenvalue weighted by atomic mass is 9.87. The highest BCUT2D eigenvalue weighted by Crippen LogP contribution is 2.29. The van der Waals surface area contributed by atoms with Crippen molar-refractivity contribution in [2.45, 2.75) is 58.3 Å². The molecule has 1 heterocycles. The number of rotatable bonds is 6. The highest BCUT2D eigenvalue weighted by atomic mass is 15.3. The first-order valence-electron chi connectivity index (χ1n) is 7.77. The van der Waals surface area contributed by atoms with Gasteiger partial charge in [-0.1, -0.05) is 46.0 Å². The van der Waals surface area contributed by atoms with Crippen molar-refractivity contribution in [2.24, 2.45) is 11.8 Å². The molecule has 1 aliphatic carbocycles. The van der Waals surface area contributed by atoms with Crippen molar-refractivity contribution in [3.63, 3.8) is 0 Å². The summed E-state index contributed by atoms with van der Waals surface area (Å²) < 4.78 is 0. The van der Waals surface area contributed by atoms with Crippen LogP contribution in [0.25, 0.3) is 0 Å². The molecule has 0 spiro atoms. The standard InChI is InChI=1S/C15H27N5/c1-11(2)13-14(18-10-19-15(13)20-16)17-9-8-12-6-4-3-5-7-12/h10-12H,3-9,16H2,1-2H3,(H2,17,18,19,20). The molecule has 0 amide bonds. The van der Waals surface area contributed by atoms with Gasteiger partial charge in [0.25, 0.3) is 0 Å². The van der Waals surface area contributed by atoms with Gasteiger partial charge in [0.2, 0.25) is 0 Å². The van der Waals surface area contributed by atoms with E-state index < -0.39 is 0 Å². The normalized spacial score (nSPS) is 16.4. The van der Waals surface area contributed by atoms with Gasteiger partial charge in [-0.15, -0.1) is 0 Å². The second-order valence-corrected chi connectivity index (χ2v) is 6.00. The highest BCUT2D eigenvalue weighted by Gasteiger charge is 2.16. The highest BCUT2D eigenvalue weighted by molar-refractivity contribution is 5.58. The summed E-state index contributed by atoms with van der Waals surface area (Å²) in [7, 11) is 0. The number of hydrazine groups is 1. The van der Waals surface area contributed by atoms with Crippen molar-refractivity contribution in [1.82, 2.24) is 9.97 Å². The number of aromatic nitrogens is 2. The Labute approximate surface area is 121 Å². The van der Waals surface area contributed by atoms with Gasteiger partial charge in [-0.25, -0.2) is 15.8 Å². The number of nitrogens with two attached hydrogens (primary N) is 1. The summed E-state index contributed by atoms with van der Waals surface area (Å²) >= 11 is 0. The number of nitrogen functional groups attached to an aromatic ring is 1. The summed E-state index contributed by atoms with van der Waals surface area (Å²) in [5.74, 6) is 8.38. The van der Waals surface area contributed by atoms with Crippen molar-refractivity contribution in [1.29, 1.82) is 0 Å². The van der Waals surface area contributed by atoms with Gasteiger partial charge in [-0.05, 0) is 18.3 Å². The van der Waals surface area contributed by atoms with E-state index in [1.165, 1.54) is 38.5 Å². The van der Waals surface area contributed by atoms with Crippen molar-refractivity contribution >= 4 is 11.6 Å². The molecule has 1 saturated carbocycles. The first kappa shape index (κ1) is 15.0. The van der Waals surface area contributed by atoms with Crippen LogP contribution in [0.1, 0.15) is 63.9 Å². The number of hydrogen-bond acceptors (Lipinski definition) is 5. The third-order valence-electron chi connectivity index (χ3n) is 4.17. The molecule has 20 heavy (non-hydrogen) atoms. The van der Waals surface area contributed by atoms with Crippen molar-refractivity contribution in [2.75, 3.05) is 17.3 Å². The van der Waals surface area contributed by atoms with E-state index in [0.717, 1.165) is 29.7 Å². The molecule has 0 atom stereocenters. The molecule has 1 aromatic rings. The lowest BCUT2D eigenvalue weighted by molar-refractivity contribution is 0.345. The predicted octanol–water partition coefficient (Wildman–Crippen LogP) is 3.27. The van der Waals surface area contributed by atoms with Crippen LogP contribution in [-0.2, 0) is 0 Å². The van der Waals surface area contributed by atoms with Crippen LogP contribution in [0, 0.1) is 5.92 Å². The molecule has 0 aliphatic heterocycles. The summed E-state index contributed by atoms with van der Waals surface area (Å²) in [6.07, 6.45) is 9.78. The fourth-order valence-electron chi connectivity index (χ4n) is 3.07. The Hall–Kier alpha value is -1.36. The maximum atomic E-state index is 5.53. The largest absolute Gasteiger partial charge is 0.370 e. The van der Waals surface area contributed by atoms with Gasteiger partial charge in [0, 0.05) is 12.1 Å². The predicted molar refractivity (Wildman–Crippen MR) is 83.6 cm³/mol. The lowest BCUT2D eigenvalue weighted by Gasteiger charge is -2.22. The van der Waals surface area contributed by atoms with Gasteiger partial charge in [0.05, 0.1) is 0 Å². The number of nitrogens with one attached hydrogen (secondary N) is 2. The van der Waals surface area contributed by atoms with Crippen LogP contribution < -0.4 is 16.6 Å². The Bertz CT molecular complexity index is 413. The SMILES string of the molecule is CC(C)c1c(NN)ncnc1NCCC1CCCCC1. The van der Waals surface area contributed by atoms with E-state index in [0.29, 0.717) is 5.92 Å². The fraction of sp³-hybridized carbons (Fsp3) is 0.733. The van der Waals surface area contributed by atoms with Crippen LogP contribution >= 0.6 is 0 Å². The molecule has 1 aliphatic rings. The topological polar surface area (TPSA) is 75.9 Å². The van der Waals surface area contributed by atoms with Crippen LogP contribution in [0.4, 0.5) is 11.6 Å². The molecule has 5 nitrogen and oxygen atoms in total. The van der Waals surface area contributed by atoms with Crippen LogP contribution in [0.3, 0.4) is 0 Å².